The normalized spacial score (nSPS) is 26.3. The number of thioether (sulfide) groups is 1. The van der Waals surface area contributed by atoms with Crippen molar-refractivity contribution >= 4 is 17.7 Å². The lowest BCUT2D eigenvalue weighted by atomic mass is 9.94. The van der Waals surface area contributed by atoms with Gasteiger partial charge in [0, 0.05) is 16.1 Å². The SMILES string of the molecule is O=C(O)c1ccc(SC2CCCCCCCC(C3OCCO3)CC2)cc1. The van der Waals surface area contributed by atoms with Crippen LogP contribution in [0.5, 0.6) is 0 Å². The minimum Gasteiger partial charge on any atom is -0.478 e. The van der Waals surface area contributed by atoms with Crippen LogP contribution in [0.1, 0.15) is 68.1 Å². The minimum absolute atomic E-state index is 0.00347. The van der Waals surface area contributed by atoms with Crippen molar-refractivity contribution in [3.63, 3.8) is 0 Å². The fourth-order valence-corrected chi connectivity index (χ4v) is 5.12. The number of hydrogen-bond acceptors (Lipinski definition) is 4. The summed E-state index contributed by atoms with van der Waals surface area (Å²) in [6.07, 6.45) is 11.3. The second-order valence-electron chi connectivity index (χ2n) is 7.36. The number of ether oxygens (including phenoxy) is 2. The van der Waals surface area contributed by atoms with Gasteiger partial charge < -0.3 is 14.6 Å². The molecular weight excluding hydrogens is 348 g/mol. The molecule has 26 heavy (non-hydrogen) atoms. The van der Waals surface area contributed by atoms with Gasteiger partial charge in [-0.05, 0) is 49.9 Å². The highest BCUT2D eigenvalue weighted by atomic mass is 32.2. The standard InChI is InChI=1S/C21H30O4S/c22-20(23)16-8-11-19(12-9-16)26-18-7-5-3-1-2-4-6-17(10-13-18)21-24-14-15-25-21/h8-9,11-12,17-18,21H,1-7,10,13-15H2,(H,22,23). The highest BCUT2D eigenvalue weighted by Gasteiger charge is 2.27. The van der Waals surface area contributed by atoms with Crippen LogP contribution in [0.2, 0.25) is 0 Å². The Morgan fingerprint density at radius 3 is 2.23 bits per heavy atom. The molecule has 2 atom stereocenters. The number of benzene rings is 1. The van der Waals surface area contributed by atoms with Crippen molar-refractivity contribution in [1.29, 1.82) is 0 Å². The van der Waals surface area contributed by atoms with Gasteiger partial charge in [0.25, 0.3) is 0 Å². The number of hydrogen-bond donors (Lipinski definition) is 1. The molecule has 1 aromatic carbocycles. The topological polar surface area (TPSA) is 55.8 Å². The number of carbonyl (C=O) groups is 1. The fourth-order valence-electron chi connectivity index (χ4n) is 3.90. The Hall–Kier alpha value is -1.04. The van der Waals surface area contributed by atoms with Crippen LogP contribution >= 0.6 is 11.8 Å². The lowest BCUT2D eigenvalue weighted by molar-refractivity contribution is -0.0884. The molecule has 3 rings (SSSR count). The Balaban J connectivity index is 1.60. The van der Waals surface area contributed by atoms with E-state index < -0.39 is 5.97 Å². The fraction of sp³-hybridized carbons (Fsp3) is 0.667. The Morgan fingerprint density at radius 1 is 0.885 bits per heavy atom. The predicted octanol–water partition coefficient (Wildman–Crippen LogP) is 5.36. The summed E-state index contributed by atoms with van der Waals surface area (Å²) in [6.45, 7) is 1.46. The van der Waals surface area contributed by atoms with Crippen LogP contribution in [-0.2, 0) is 9.47 Å². The van der Waals surface area contributed by atoms with E-state index in [4.69, 9.17) is 14.6 Å². The minimum atomic E-state index is -0.865. The van der Waals surface area contributed by atoms with Gasteiger partial charge >= 0.3 is 5.97 Å². The van der Waals surface area contributed by atoms with Gasteiger partial charge in [0.2, 0.25) is 0 Å². The summed E-state index contributed by atoms with van der Waals surface area (Å²) in [5.41, 5.74) is 0.354. The first-order valence-corrected chi connectivity index (χ1v) is 10.8. The maximum Gasteiger partial charge on any atom is 0.335 e. The number of aromatic carboxylic acids is 1. The molecule has 0 amide bonds. The Kier molecular flexibility index (Phi) is 7.84. The third-order valence-electron chi connectivity index (χ3n) is 5.40. The molecule has 2 aliphatic rings. The monoisotopic (exact) mass is 378 g/mol. The van der Waals surface area contributed by atoms with Gasteiger partial charge in [-0.25, -0.2) is 4.79 Å². The Bertz CT molecular complexity index is 554. The third-order valence-corrected chi connectivity index (χ3v) is 6.75. The molecule has 0 bridgehead atoms. The van der Waals surface area contributed by atoms with Gasteiger partial charge in [-0.15, -0.1) is 11.8 Å². The molecule has 1 aromatic rings. The Labute approximate surface area is 160 Å². The van der Waals surface area contributed by atoms with Crippen molar-refractivity contribution in [3.8, 4) is 0 Å². The zero-order valence-electron chi connectivity index (χ0n) is 15.4. The van der Waals surface area contributed by atoms with Crippen molar-refractivity contribution < 1.29 is 19.4 Å². The highest BCUT2D eigenvalue weighted by molar-refractivity contribution is 8.00. The van der Waals surface area contributed by atoms with Gasteiger partial charge in [0.15, 0.2) is 6.29 Å². The predicted molar refractivity (Wildman–Crippen MR) is 104 cm³/mol. The van der Waals surface area contributed by atoms with E-state index in [2.05, 4.69) is 0 Å². The van der Waals surface area contributed by atoms with Crippen LogP contribution in [0.4, 0.5) is 0 Å². The van der Waals surface area contributed by atoms with E-state index >= 15 is 0 Å². The first kappa shape index (κ1) is 19.7. The molecule has 1 saturated heterocycles. The van der Waals surface area contributed by atoms with Crippen LogP contribution in [0.15, 0.2) is 29.2 Å². The molecule has 1 heterocycles. The van der Waals surface area contributed by atoms with Gasteiger partial charge in [0.05, 0.1) is 18.8 Å². The van der Waals surface area contributed by atoms with Crippen molar-refractivity contribution in [2.75, 3.05) is 13.2 Å². The van der Waals surface area contributed by atoms with Gasteiger partial charge in [-0.2, -0.15) is 0 Å². The largest absolute Gasteiger partial charge is 0.478 e. The van der Waals surface area contributed by atoms with E-state index in [-0.39, 0.29) is 6.29 Å². The van der Waals surface area contributed by atoms with Crippen molar-refractivity contribution in [3.05, 3.63) is 29.8 Å². The van der Waals surface area contributed by atoms with Crippen LogP contribution in [-0.4, -0.2) is 35.8 Å². The molecule has 0 aromatic heterocycles. The Morgan fingerprint density at radius 2 is 1.54 bits per heavy atom. The van der Waals surface area contributed by atoms with E-state index in [9.17, 15) is 4.79 Å². The summed E-state index contributed by atoms with van der Waals surface area (Å²) < 4.78 is 11.6. The molecule has 5 heteroatoms. The molecule has 0 radical (unpaired) electrons. The van der Waals surface area contributed by atoms with E-state index in [1.165, 1.54) is 56.3 Å². The number of carboxylic acid groups (broad SMARTS) is 1. The quantitative estimate of drug-likeness (QED) is 0.764. The molecule has 0 spiro atoms. The van der Waals surface area contributed by atoms with Gasteiger partial charge in [-0.3, -0.25) is 0 Å². The zero-order chi connectivity index (χ0) is 18.2. The summed E-state index contributed by atoms with van der Waals surface area (Å²) in [5.74, 6) is -0.357. The summed E-state index contributed by atoms with van der Waals surface area (Å²) in [6, 6.07) is 7.30. The average Bonchev–Trinajstić information content (AvgIpc) is 3.16. The second kappa shape index (κ2) is 10.3. The van der Waals surface area contributed by atoms with Crippen LogP contribution in [0, 0.1) is 5.92 Å². The van der Waals surface area contributed by atoms with Crippen molar-refractivity contribution in [1.82, 2.24) is 0 Å². The van der Waals surface area contributed by atoms with Crippen LogP contribution in [0.3, 0.4) is 0 Å². The van der Waals surface area contributed by atoms with Crippen molar-refractivity contribution in [2.45, 2.75) is 74.2 Å². The molecule has 4 nitrogen and oxygen atoms in total. The maximum atomic E-state index is 11.0. The van der Waals surface area contributed by atoms with E-state index in [0.29, 0.717) is 16.7 Å². The smallest absolute Gasteiger partial charge is 0.335 e. The van der Waals surface area contributed by atoms with Crippen LogP contribution < -0.4 is 0 Å². The maximum absolute atomic E-state index is 11.0. The van der Waals surface area contributed by atoms with E-state index in [0.717, 1.165) is 19.6 Å². The summed E-state index contributed by atoms with van der Waals surface area (Å²) >= 11 is 1.90. The van der Waals surface area contributed by atoms with Crippen LogP contribution in [0.25, 0.3) is 0 Å². The second-order valence-corrected chi connectivity index (χ2v) is 8.74. The van der Waals surface area contributed by atoms with E-state index in [1.807, 2.05) is 23.9 Å². The molecule has 1 aliphatic heterocycles. The molecule has 144 valence electrons. The third kappa shape index (κ3) is 6.00. The first-order valence-electron chi connectivity index (χ1n) is 9.95. The van der Waals surface area contributed by atoms with Crippen molar-refractivity contribution in [2.24, 2.45) is 5.92 Å². The summed E-state index contributed by atoms with van der Waals surface area (Å²) in [7, 11) is 0. The summed E-state index contributed by atoms with van der Waals surface area (Å²) in [4.78, 5) is 12.2. The average molecular weight is 379 g/mol. The molecule has 1 saturated carbocycles. The zero-order valence-corrected chi connectivity index (χ0v) is 16.2. The van der Waals surface area contributed by atoms with Gasteiger partial charge in [-0.1, -0.05) is 32.1 Å². The lowest BCUT2D eigenvalue weighted by Crippen LogP contribution is -2.22. The summed E-state index contributed by atoms with van der Waals surface area (Å²) in [5, 5.41) is 9.63. The number of rotatable bonds is 4. The molecule has 1 aliphatic carbocycles. The molecule has 2 fully saturated rings. The molecule has 1 N–H and O–H groups in total. The van der Waals surface area contributed by atoms with E-state index in [1.54, 1.807) is 12.1 Å². The molecule has 2 unspecified atom stereocenters. The lowest BCUT2D eigenvalue weighted by Gasteiger charge is -2.24. The molecular formula is C21H30O4S. The first-order chi connectivity index (χ1) is 12.7. The highest BCUT2D eigenvalue weighted by Crippen LogP contribution is 2.34. The number of carboxylic acids is 1. The van der Waals surface area contributed by atoms with Gasteiger partial charge in [0.1, 0.15) is 0 Å².